The van der Waals surface area contributed by atoms with Crippen LogP contribution in [0.25, 0.3) is 11.3 Å². The lowest BCUT2D eigenvalue weighted by atomic mass is 10.1. The van der Waals surface area contributed by atoms with Crippen LogP contribution in [0.5, 0.6) is 0 Å². The van der Waals surface area contributed by atoms with Crippen LogP contribution in [0.4, 0.5) is 17.6 Å². The summed E-state index contributed by atoms with van der Waals surface area (Å²) in [4.78, 5) is 18.0. The van der Waals surface area contributed by atoms with Gasteiger partial charge < -0.3 is 10.6 Å². The summed E-state index contributed by atoms with van der Waals surface area (Å²) in [5.41, 5.74) is 3.82. The van der Waals surface area contributed by atoms with Gasteiger partial charge in [-0.15, -0.1) is 0 Å². The summed E-state index contributed by atoms with van der Waals surface area (Å²) < 4.78 is 0. The maximum absolute atomic E-state index is 4.66. The van der Waals surface area contributed by atoms with Gasteiger partial charge >= 0.3 is 0 Å². The van der Waals surface area contributed by atoms with Crippen molar-refractivity contribution in [2.45, 2.75) is 19.3 Å². The highest BCUT2D eigenvalue weighted by Crippen LogP contribution is 2.35. The monoisotopic (exact) mass is 332 g/mol. The second-order valence-electron chi connectivity index (χ2n) is 6.21. The van der Waals surface area contributed by atoms with Gasteiger partial charge in [0.05, 0.1) is 11.4 Å². The Morgan fingerprint density at radius 3 is 2.60 bits per heavy atom. The molecule has 2 aromatic heterocycles. The molecule has 0 saturated heterocycles. The van der Waals surface area contributed by atoms with Crippen molar-refractivity contribution >= 4 is 17.6 Å². The lowest BCUT2D eigenvalue weighted by Crippen LogP contribution is -2.05. The molecule has 1 aliphatic rings. The van der Waals surface area contributed by atoms with Gasteiger partial charge in [0, 0.05) is 30.7 Å². The third kappa shape index (κ3) is 3.74. The zero-order chi connectivity index (χ0) is 17.1. The predicted octanol–water partition coefficient (Wildman–Crippen LogP) is 3.67. The first-order valence-corrected chi connectivity index (χ1v) is 8.51. The van der Waals surface area contributed by atoms with Gasteiger partial charge in [-0.1, -0.05) is 18.2 Å². The zero-order valence-electron chi connectivity index (χ0n) is 14.1. The van der Waals surface area contributed by atoms with Gasteiger partial charge in [-0.25, -0.2) is 19.9 Å². The number of anilines is 3. The number of benzene rings is 1. The van der Waals surface area contributed by atoms with Gasteiger partial charge in [0.1, 0.15) is 0 Å². The van der Waals surface area contributed by atoms with Gasteiger partial charge in [-0.2, -0.15) is 0 Å². The van der Waals surface area contributed by atoms with E-state index in [2.05, 4.69) is 30.6 Å². The van der Waals surface area contributed by atoms with Crippen molar-refractivity contribution < 1.29 is 0 Å². The number of hydrogen-bond acceptors (Lipinski definition) is 6. The minimum atomic E-state index is 0.568. The quantitative estimate of drug-likeness (QED) is 0.717. The zero-order valence-corrected chi connectivity index (χ0v) is 14.1. The topological polar surface area (TPSA) is 75.6 Å². The summed E-state index contributed by atoms with van der Waals surface area (Å²) in [5.74, 6) is 1.96. The third-order valence-corrected chi connectivity index (χ3v) is 4.23. The number of hydrogen-bond donors (Lipinski definition) is 2. The highest BCUT2D eigenvalue weighted by Gasteiger charge is 2.24. The first-order valence-electron chi connectivity index (χ1n) is 8.51. The summed E-state index contributed by atoms with van der Waals surface area (Å²) in [6, 6.07) is 11.8. The Bertz CT molecular complexity index is 861. The molecule has 0 bridgehead atoms. The molecular formula is C19H20N6. The average molecular weight is 332 g/mol. The molecule has 0 atom stereocenters. The van der Waals surface area contributed by atoms with E-state index in [-0.39, 0.29) is 0 Å². The smallest absolute Gasteiger partial charge is 0.227 e. The van der Waals surface area contributed by atoms with Crippen molar-refractivity contribution in [1.29, 1.82) is 0 Å². The Morgan fingerprint density at radius 2 is 1.84 bits per heavy atom. The lowest BCUT2D eigenvalue weighted by Gasteiger charge is -2.11. The Morgan fingerprint density at radius 1 is 1.00 bits per heavy atom. The molecular weight excluding hydrogens is 312 g/mol. The minimum Gasteiger partial charge on any atom is -0.357 e. The van der Waals surface area contributed by atoms with Crippen molar-refractivity contribution in [2.75, 3.05) is 17.7 Å². The van der Waals surface area contributed by atoms with Crippen LogP contribution in [0.2, 0.25) is 0 Å². The summed E-state index contributed by atoms with van der Waals surface area (Å²) in [5, 5.41) is 6.25. The number of nitrogens with one attached hydrogen (secondary N) is 2. The fourth-order valence-electron chi connectivity index (χ4n) is 2.72. The van der Waals surface area contributed by atoms with Crippen molar-refractivity contribution in [2.24, 2.45) is 5.92 Å². The maximum atomic E-state index is 4.66. The largest absolute Gasteiger partial charge is 0.357 e. The van der Waals surface area contributed by atoms with Gasteiger partial charge in [0.25, 0.3) is 0 Å². The van der Waals surface area contributed by atoms with Crippen LogP contribution in [0, 0.1) is 5.92 Å². The molecule has 6 nitrogen and oxygen atoms in total. The Balaban J connectivity index is 1.66. The molecule has 0 aliphatic heterocycles. The molecule has 1 aromatic carbocycles. The summed E-state index contributed by atoms with van der Waals surface area (Å²) in [6.45, 7) is 0. The maximum Gasteiger partial charge on any atom is 0.227 e. The van der Waals surface area contributed by atoms with E-state index in [0.29, 0.717) is 11.9 Å². The first kappa shape index (κ1) is 15.5. The van der Waals surface area contributed by atoms with E-state index in [0.717, 1.165) is 35.0 Å². The number of para-hydroxylation sites is 1. The average Bonchev–Trinajstić information content (AvgIpc) is 3.47. The van der Waals surface area contributed by atoms with E-state index >= 15 is 0 Å². The van der Waals surface area contributed by atoms with E-state index < -0.39 is 0 Å². The molecule has 0 amide bonds. The van der Waals surface area contributed by atoms with E-state index in [1.54, 1.807) is 6.20 Å². The molecule has 2 heterocycles. The Labute approximate surface area is 146 Å². The number of aromatic nitrogens is 4. The fraction of sp³-hybridized carbons (Fsp3) is 0.263. The SMILES string of the molecule is CNc1ncc(-c2ccnc(Nc3ccccc3)n2)c(CC2CC2)n1. The van der Waals surface area contributed by atoms with Crippen LogP contribution in [-0.2, 0) is 6.42 Å². The molecule has 2 N–H and O–H groups in total. The van der Waals surface area contributed by atoms with Crippen LogP contribution in [0.1, 0.15) is 18.5 Å². The highest BCUT2D eigenvalue weighted by atomic mass is 15.1. The lowest BCUT2D eigenvalue weighted by molar-refractivity contribution is 0.801. The number of nitrogens with zero attached hydrogens (tertiary/aromatic N) is 4. The molecule has 1 aliphatic carbocycles. The van der Waals surface area contributed by atoms with Crippen LogP contribution < -0.4 is 10.6 Å². The summed E-state index contributed by atoms with van der Waals surface area (Å²) in [6.07, 6.45) is 7.15. The van der Waals surface area contributed by atoms with Crippen molar-refractivity contribution in [1.82, 2.24) is 19.9 Å². The van der Waals surface area contributed by atoms with Crippen molar-refractivity contribution in [3.63, 3.8) is 0 Å². The van der Waals surface area contributed by atoms with Crippen LogP contribution >= 0.6 is 0 Å². The molecule has 0 unspecified atom stereocenters. The fourth-order valence-corrected chi connectivity index (χ4v) is 2.72. The second kappa shape index (κ2) is 6.84. The standard InChI is InChI=1S/C19H20N6/c1-20-18-22-12-15(17(25-18)11-13-7-8-13)16-9-10-21-19(24-16)23-14-5-3-2-4-6-14/h2-6,9-10,12-13H,7-8,11H2,1H3,(H,20,22,25)(H,21,23,24). The minimum absolute atomic E-state index is 0.568. The molecule has 0 spiro atoms. The second-order valence-corrected chi connectivity index (χ2v) is 6.21. The molecule has 3 aromatic rings. The Kier molecular flexibility index (Phi) is 4.24. The highest BCUT2D eigenvalue weighted by molar-refractivity contribution is 5.64. The van der Waals surface area contributed by atoms with Crippen molar-refractivity contribution in [3.05, 3.63) is 54.5 Å². The third-order valence-electron chi connectivity index (χ3n) is 4.23. The predicted molar refractivity (Wildman–Crippen MR) is 98.8 cm³/mol. The van der Waals surface area contributed by atoms with Gasteiger partial charge in [-0.05, 0) is 43.4 Å². The Hall–Kier alpha value is -3.02. The first-order chi connectivity index (χ1) is 12.3. The van der Waals surface area contributed by atoms with E-state index in [9.17, 15) is 0 Å². The van der Waals surface area contributed by atoms with Gasteiger partial charge in [-0.3, -0.25) is 0 Å². The molecule has 4 rings (SSSR count). The summed E-state index contributed by atoms with van der Waals surface area (Å²) >= 11 is 0. The number of rotatable bonds is 6. The molecule has 126 valence electrons. The van der Waals surface area contributed by atoms with Crippen LogP contribution in [0.15, 0.2) is 48.8 Å². The van der Waals surface area contributed by atoms with E-state index in [1.807, 2.05) is 49.6 Å². The van der Waals surface area contributed by atoms with Crippen LogP contribution in [0.3, 0.4) is 0 Å². The molecule has 0 radical (unpaired) electrons. The molecule has 1 saturated carbocycles. The summed E-state index contributed by atoms with van der Waals surface area (Å²) in [7, 11) is 1.84. The normalized spacial score (nSPS) is 13.5. The van der Waals surface area contributed by atoms with Gasteiger partial charge in [0.2, 0.25) is 11.9 Å². The van der Waals surface area contributed by atoms with Crippen molar-refractivity contribution in [3.8, 4) is 11.3 Å². The van der Waals surface area contributed by atoms with Crippen LogP contribution in [-0.4, -0.2) is 27.0 Å². The van der Waals surface area contributed by atoms with E-state index in [4.69, 9.17) is 0 Å². The molecule has 1 fully saturated rings. The molecule has 6 heteroatoms. The van der Waals surface area contributed by atoms with E-state index in [1.165, 1.54) is 12.8 Å². The van der Waals surface area contributed by atoms with Gasteiger partial charge in [0.15, 0.2) is 0 Å². The molecule has 25 heavy (non-hydrogen) atoms.